The molecule has 0 saturated carbocycles. The molecule has 39 heavy (non-hydrogen) atoms. The van der Waals surface area contributed by atoms with E-state index in [0.29, 0.717) is 0 Å². The number of carboxylic acids is 1. The summed E-state index contributed by atoms with van der Waals surface area (Å²) in [5.74, 6) is -0.899. The van der Waals surface area contributed by atoms with Crippen molar-refractivity contribution in [2.24, 2.45) is 0 Å². The number of carbonyl (C=O) groups excluding carboxylic acids is 1. The number of nitrogens with zero attached hydrogens (tertiary/aromatic N) is 1. The first-order valence-corrected chi connectivity index (χ1v) is 17.6. The van der Waals surface area contributed by atoms with Crippen molar-refractivity contribution in [3.63, 3.8) is 0 Å². The molecular weight excluding hydrogens is 489 g/mol. The second kappa shape index (κ2) is 36.5. The van der Waals surface area contributed by atoms with Gasteiger partial charge in [0.05, 0.1) is 0 Å². The first kappa shape index (κ1) is 41.6. The van der Waals surface area contributed by atoms with Crippen LogP contribution in [0.25, 0.3) is 0 Å². The molecule has 0 unspecified atom stereocenters. The standard InChI is InChI=1S/C35H71NO2.Na/c1-3-5-7-9-11-13-15-17-19-21-23-25-28-32-36(34-30-27-31-35(37)38)33-29-26-24-22-20-18-16-14-12-10-8-6-4-2;/h3-34H2,1-2H3,(H,37,38);/q;+1/p-1. The summed E-state index contributed by atoms with van der Waals surface area (Å²) < 4.78 is 0. The molecule has 0 amide bonds. The zero-order valence-electron chi connectivity index (χ0n) is 27.4. The zero-order chi connectivity index (χ0) is 27.8. The molecule has 0 fully saturated rings. The second-order valence-corrected chi connectivity index (χ2v) is 12.2. The Balaban J connectivity index is 0. The molecule has 0 saturated heterocycles. The minimum absolute atomic E-state index is 0. The van der Waals surface area contributed by atoms with Crippen LogP contribution in [-0.4, -0.2) is 30.5 Å². The third-order valence-corrected chi connectivity index (χ3v) is 8.26. The molecule has 3 nitrogen and oxygen atoms in total. The first-order valence-electron chi connectivity index (χ1n) is 17.6. The molecule has 0 bridgehead atoms. The molecule has 0 aromatic heterocycles. The fourth-order valence-corrected chi connectivity index (χ4v) is 5.65. The minimum Gasteiger partial charge on any atom is -0.550 e. The smallest absolute Gasteiger partial charge is 0.550 e. The monoisotopic (exact) mass is 560 g/mol. The van der Waals surface area contributed by atoms with Crippen LogP contribution in [0.3, 0.4) is 0 Å². The van der Waals surface area contributed by atoms with Crippen molar-refractivity contribution in [1.82, 2.24) is 4.90 Å². The summed E-state index contributed by atoms with van der Waals surface area (Å²) in [7, 11) is 0. The van der Waals surface area contributed by atoms with Gasteiger partial charge in [-0.15, -0.1) is 0 Å². The van der Waals surface area contributed by atoms with Crippen LogP contribution in [0.5, 0.6) is 0 Å². The molecule has 0 atom stereocenters. The van der Waals surface area contributed by atoms with Gasteiger partial charge in [0.25, 0.3) is 0 Å². The van der Waals surface area contributed by atoms with Crippen LogP contribution in [0, 0.1) is 0 Å². The van der Waals surface area contributed by atoms with Crippen LogP contribution in [0.15, 0.2) is 0 Å². The number of carbonyl (C=O) groups is 1. The van der Waals surface area contributed by atoms with Gasteiger partial charge in [-0.25, -0.2) is 0 Å². The molecule has 0 aliphatic rings. The number of aliphatic carboxylic acids is 1. The summed E-state index contributed by atoms with van der Waals surface area (Å²) in [4.78, 5) is 13.4. The Morgan fingerprint density at radius 1 is 0.410 bits per heavy atom. The van der Waals surface area contributed by atoms with Gasteiger partial charge < -0.3 is 14.8 Å². The normalized spacial score (nSPS) is 11.3. The summed E-state index contributed by atoms with van der Waals surface area (Å²) in [5.41, 5.74) is 0. The maximum atomic E-state index is 10.7. The molecule has 4 heteroatoms. The fraction of sp³-hybridized carbons (Fsp3) is 0.971. The topological polar surface area (TPSA) is 43.4 Å². The summed E-state index contributed by atoms with van der Waals surface area (Å²) in [6.45, 7) is 8.03. The van der Waals surface area contributed by atoms with Crippen LogP contribution in [0.1, 0.15) is 200 Å². The Morgan fingerprint density at radius 3 is 0.897 bits per heavy atom. The van der Waals surface area contributed by atoms with Crippen LogP contribution in [0.2, 0.25) is 0 Å². The Hall–Kier alpha value is 0.430. The van der Waals surface area contributed by atoms with Gasteiger partial charge in [-0.05, 0) is 51.7 Å². The molecule has 0 aromatic carbocycles. The maximum absolute atomic E-state index is 10.7. The van der Waals surface area contributed by atoms with Crippen molar-refractivity contribution >= 4 is 5.97 Å². The van der Waals surface area contributed by atoms with Gasteiger partial charge in [0.15, 0.2) is 0 Å². The summed E-state index contributed by atoms with van der Waals surface area (Å²) in [5, 5.41) is 10.7. The summed E-state index contributed by atoms with van der Waals surface area (Å²) in [6, 6.07) is 0. The van der Waals surface area contributed by atoms with E-state index in [2.05, 4.69) is 18.7 Å². The quantitative estimate of drug-likeness (QED) is 0.0622. The van der Waals surface area contributed by atoms with Gasteiger partial charge >= 0.3 is 29.6 Å². The van der Waals surface area contributed by atoms with Gasteiger partial charge in [0.2, 0.25) is 0 Å². The number of unbranched alkanes of at least 4 members (excludes halogenated alkanes) is 25. The summed E-state index contributed by atoms with van der Waals surface area (Å²) >= 11 is 0. The first-order chi connectivity index (χ1) is 18.7. The zero-order valence-corrected chi connectivity index (χ0v) is 29.4. The molecule has 0 N–H and O–H groups in total. The largest absolute Gasteiger partial charge is 1.00 e. The van der Waals surface area contributed by atoms with E-state index < -0.39 is 5.97 Å². The van der Waals surface area contributed by atoms with E-state index in [4.69, 9.17) is 0 Å². The van der Waals surface area contributed by atoms with Crippen molar-refractivity contribution in [3.8, 4) is 0 Å². The third-order valence-electron chi connectivity index (χ3n) is 8.26. The van der Waals surface area contributed by atoms with Gasteiger partial charge in [-0.3, -0.25) is 0 Å². The van der Waals surface area contributed by atoms with Gasteiger partial charge in [-0.2, -0.15) is 0 Å². The Bertz CT molecular complexity index is 430. The minimum atomic E-state index is -0.899. The molecule has 228 valence electrons. The van der Waals surface area contributed by atoms with Crippen molar-refractivity contribution in [1.29, 1.82) is 0 Å². The summed E-state index contributed by atoms with van der Waals surface area (Å²) in [6.07, 6.45) is 38.4. The Morgan fingerprint density at radius 2 is 0.641 bits per heavy atom. The van der Waals surface area contributed by atoms with Crippen LogP contribution >= 0.6 is 0 Å². The van der Waals surface area contributed by atoms with Gasteiger partial charge in [0, 0.05) is 5.97 Å². The van der Waals surface area contributed by atoms with E-state index in [1.165, 1.54) is 180 Å². The van der Waals surface area contributed by atoms with Gasteiger partial charge in [0.1, 0.15) is 0 Å². The van der Waals surface area contributed by atoms with E-state index in [1.54, 1.807) is 0 Å². The van der Waals surface area contributed by atoms with E-state index in [9.17, 15) is 9.90 Å². The number of rotatable bonds is 33. The Kier molecular flexibility index (Phi) is 38.9. The van der Waals surface area contributed by atoms with E-state index in [-0.39, 0.29) is 36.0 Å². The molecule has 0 radical (unpaired) electrons. The van der Waals surface area contributed by atoms with Crippen LogP contribution in [0.4, 0.5) is 0 Å². The van der Waals surface area contributed by atoms with Crippen molar-refractivity contribution < 1.29 is 39.5 Å². The van der Waals surface area contributed by atoms with E-state index in [0.717, 1.165) is 19.4 Å². The molecule has 0 rings (SSSR count). The molecule has 0 aliphatic heterocycles. The average Bonchev–Trinajstić information content (AvgIpc) is 2.91. The molecular formula is C35H70NNaO2. The van der Waals surface area contributed by atoms with Gasteiger partial charge in [-0.1, -0.05) is 168 Å². The molecule has 0 heterocycles. The van der Waals surface area contributed by atoms with Crippen LogP contribution in [-0.2, 0) is 4.79 Å². The second-order valence-electron chi connectivity index (χ2n) is 12.2. The average molecular weight is 560 g/mol. The Labute approximate surface area is 268 Å². The number of carboxylic acid groups (broad SMARTS) is 1. The van der Waals surface area contributed by atoms with Crippen molar-refractivity contribution in [2.75, 3.05) is 19.6 Å². The third kappa shape index (κ3) is 36.4. The SMILES string of the molecule is CCCCCCCCCCCCCCCN(CCCCCCCCCCCCCCC)CCCCC(=O)[O-].[Na+]. The number of hydrogen-bond donors (Lipinski definition) is 0. The van der Waals surface area contributed by atoms with Crippen molar-refractivity contribution in [3.05, 3.63) is 0 Å². The van der Waals surface area contributed by atoms with Crippen LogP contribution < -0.4 is 34.7 Å². The maximum Gasteiger partial charge on any atom is 1.00 e. The van der Waals surface area contributed by atoms with E-state index in [1.807, 2.05) is 0 Å². The predicted molar refractivity (Wildman–Crippen MR) is 167 cm³/mol. The number of hydrogen-bond acceptors (Lipinski definition) is 3. The molecule has 0 aliphatic carbocycles. The fourth-order valence-electron chi connectivity index (χ4n) is 5.65. The molecule has 0 spiro atoms. The molecule has 0 aromatic rings. The predicted octanol–water partition coefficient (Wildman–Crippen LogP) is 7.40. The van der Waals surface area contributed by atoms with E-state index >= 15 is 0 Å². The van der Waals surface area contributed by atoms with Crippen molar-refractivity contribution in [2.45, 2.75) is 200 Å².